The molecule has 2 saturated heterocycles. The van der Waals surface area contributed by atoms with E-state index >= 15 is 0 Å². The number of aryl methyl sites for hydroxylation is 1. The van der Waals surface area contributed by atoms with Gasteiger partial charge in [-0.25, -0.2) is 9.97 Å². The first-order chi connectivity index (χ1) is 12.3. The number of para-hydroxylation sites is 1. The van der Waals surface area contributed by atoms with Crippen LogP contribution in [0.5, 0.6) is 0 Å². The summed E-state index contributed by atoms with van der Waals surface area (Å²) in [5.41, 5.74) is 2.15. The Hall–Kier alpha value is -1.56. The van der Waals surface area contributed by atoms with E-state index in [2.05, 4.69) is 41.0 Å². The standard InChI is InChI=1S/C20H28N4O/c1-16-18-7-2-3-8-19(18)22-20(21-16)15-24-9-5-4-6-17(24)14-23-10-12-25-13-11-23/h2-3,7-8,17H,4-6,9-15H2,1H3. The van der Waals surface area contributed by atoms with Crippen molar-refractivity contribution in [1.29, 1.82) is 0 Å². The van der Waals surface area contributed by atoms with E-state index in [1.54, 1.807) is 0 Å². The molecule has 1 atom stereocenters. The Bertz CT molecular complexity index is 714. The third-order valence-electron chi connectivity index (χ3n) is 5.51. The van der Waals surface area contributed by atoms with E-state index in [1.165, 1.54) is 19.3 Å². The number of piperidine rings is 1. The summed E-state index contributed by atoms with van der Waals surface area (Å²) in [6.07, 6.45) is 3.90. The van der Waals surface area contributed by atoms with Crippen molar-refractivity contribution in [2.75, 3.05) is 39.4 Å². The molecule has 0 spiro atoms. The maximum atomic E-state index is 5.49. The molecule has 2 aliphatic rings. The fourth-order valence-electron chi connectivity index (χ4n) is 4.10. The van der Waals surface area contributed by atoms with Gasteiger partial charge in [0, 0.05) is 36.8 Å². The van der Waals surface area contributed by atoms with E-state index in [1.807, 2.05) is 0 Å². The van der Waals surface area contributed by atoms with Gasteiger partial charge in [0.15, 0.2) is 0 Å². The topological polar surface area (TPSA) is 41.5 Å². The molecule has 2 aromatic rings. The van der Waals surface area contributed by atoms with Crippen LogP contribution < -0.4 is 0 Å². The van der Waals surface area contributed by atoms with Gasteiger partial charge in [0.25, 0.3) is 0 Å². The molecule has 5 nitrogen and oxygen atoms in total. The number of hydrogen-bond donors (Lipinski definition) is 0. The summed E-state index contributed by atoms with van der Waals surface area (Å²) in [7, 11) is 0. The summed E-state index contributed by atoms with van der Waals surface area (Å²) in [6.45, 7) is 9.14. The molecule has 1 unspecified atom stereocenters. The van der Waals surface area contributed by atoms with Gasteiger partial charge in [-0.15, -0.1) is 0 Å². The Balaban J connectivity index is 1.49. The number of fused-ring (bicyclic) bond motifs is 1. The Morgan fingerprint density at radius 3 is 2.80 bits per heavy atom. The minimum Gasteiger partial charge on any atom is -0.379 e. The highest BCUT2D eigenvalue weighted by Gasteiger charge is 2.26. The molecule has 1 aromatic heterocycles. The fraction of sp³-hybridized carbons (Fsp3) is 0.600. The molecular weight excluding hydrogens is 312 g/mol. The zero-order valence-corrected chi connectivity index (χ0v) is 15.2. The predicted molar refractivity (Wildman–Crippen MR) is 99.6 cm³/mol. The second-order valence-electron chi connectivity index (χ2n) is 7.28. The van der Waals surface area contributed by atoms with Gasteiger partial charge in [-0.3, -0.25) is 9.80 Å². The quantitative estimate of drug-likeness (QED) is 0.856. The van der Waals surface area contributed by atoms with Gasteiger partial charge >= 0.3 is 0 Å². The van der Waals surface area contributed by atoms with E-state index in [0.29, 0.717) is 6.04 Å². The molecule has 134 valence electrons. The first-order valence-electron chi connectivity index (χ1n) is 9.56. The summed E-state index contributed by atoms with van der Waals surface area (Å²) in [4.78, 5) is 14.8. The molecule has 2 aliphatic heterocycles. The molecule has 1 aromatic carbocycles. The molecule has 25 heavy (non-hydrogen) atoms. The summed E-state index contributed by atoms with van der Waals surface area (Å²) in [5.74, 6) is 0.963. The predicted octanol–water partition coefficient (Wildman–Crippen LogP) is 2.62. The van der Waals surface area contributed by atoms with Crippen LogP contribution in [-0.2, 0) is 11.3 Å². The van der Waals surface area contributed by atoms with E-state index in [9.17, 15) is 0 Å². The summed E-state index contributed by atoms with van der Waals surface area (Å²) in [6, 6.07) is 8.93. The average molecular weight is 340 g/mol. The van der Waals surface area contributed by atoms with Crippen molar-refractivity contribution in [2.24, 2.45) is 0 Å². The van der Waals surface area contributed by atoms with Crippen molar-refractivity contribution >= 4 is 10.9 Å². The van der Waals surface area contributed by atoms with E-state index < -0.39 is 0 Å². The maximum absolute atomic E-state index is 5.49. The maximum Gasteiger partial charge on any atom is 0.143 e. The lowest BCUT2D eigenvalue weighted by molar-refractivity contribution is 0.0149. The van der Waals surface area contributed by atoms with E-state index in [0.717, 1.165) is 68.4 Å². The van der Waals surface area contributed by atoms with Crippen molar-refractivity contribution in [3.63, 3.8) is 0 Å². The number of hydrogen-bond acceptors (Lipinski definition) is 5. The second kappa shape index (κ2) is 7.77. The number of likely N-dealkylation sites (tertiary alicyclic amines) is 1. The van der Waals surface area contributed by atoms with Crippen molar-refractivity contribution in [3.05, 3.63) is 35.8 Å². The minimum absolute atomic E-state index is 0.613. The molecular formula is C20H28N4O. The highest BCUT2D eigenvalue weighted by atomic mass is 16.5. The Morgan fingerprint density at radius 2 is 1.92 bits per heavy atom. The van der Waals surface area contributed by atoms with Crippen molar-refractivity contribution in [3.8, 4) is 0 Å². The summed E-state index contributed by atoms with van der Waals surface area (Å²) >= 11 is 0. The first kappa shape index (κ1) is 16.9. The highest BCUT2D eigenvalue weighted by Crippen LogP contribution is 2.21. The number of nitrogens with zero attached hydrogens (tertiary/aromatic N) is 4. The van der Waals surface area contributed by atoms with Gasteiger partial charge in [0.05, 0.1) is 25.3 Å². The molecule has 0 radical (unpaired) electrons. The van der Waals surface area contributed by atoms with E-state index in [-0.39, 0.29) is 0 Å². The van der Waals surface area contributed by atoms with Crippen LogP contribution in [0.2, 0.25) is 0 Å². The SMILES string of the molecule is Cc1nc(CN2CCCCC2CN2CCOCC2)nc2ccccc12. The third-order valence-corrected chi connectivity index (χ3v) is 5.51. The molecule has 0 saturated carbocycles. The number of benzene rings is 1. The van der Waals surface area contributed by atoms with Crippen molar-refractivity contribution < 1.29 is 4.74 Å². The van der Waals surface area contributed by atoms with Gasteiger partial charge in [0.1, 0.15) is 5.82 Å². The average Bonchev–Trinajstić information content (AvgIpc) is 2.64. The zero-order chi connectivity index (χ0) is 17.1. The molecule has 4 rings (SSSR count). The molecule has 0 aliphatic carbocycles. The largest absolute Gasteiger partial charge is 0.379 e. The highest BCUT2D eigenvalue weighted by molar-refractivity contribution is 5.80. The lowest BCUT2D eigenvalue weighted by atomic mass is 10.0. The minimum atomic E-state index is 0.613. The summed E-state index contributed by atoms with van der Waals surface area (Å²) in [5, 5.41) is 1.16. The molecule has 2 fully saturated rings. The fourth-order valence-corrected chi connectivity index (χ4v) is 4.10. The molecule has 5 heteroatoms. The van der Waals surface area contributed by atoms with Gasteiger partial charge in [-0.05, 0) is 32.4 Å². The third kappa shape index (κ3) is 4.00. The van der Waals surface area contributed by atoms with Gasteiger partial charge < -0.3 is 4.74 Å². The second-order valence-corrected chi connectivity index (χ2v) is 7.28. The smallest absolute Gasteiger partial charge is 0.143 e. The number of rotatable bonds is 4. The Labute approximate surface area is 150 Å². The first-order valence-corrected chi connectivity index (χ1v) is 9.56. The Kier molecular flexibility index (Phi) is 5.25. The zero-order valence-electron chi connectivity index (χ0n) is 15.2. The van der Waals surface area contributed by atoms with Crippen LogP contribution in [0.25, 0.3) is 10.9 Å². The molecule has 0 N–H and O–H groups in total. The van der Waals surface area contributed by atoms with Crippen LogP contribution in [0.15, 0.2) is 24.3 Å². The van der Waals surface area contributed by atoms with Crippen LogP contribution >= 0.6 is 0 Å². The molecule has 0 bridgehead atoms. The number of aromatic nitrogens is 2. The lowest BCUT2D eigenvalue weighted by Gasteiger charge is -2.39. The van der Waals surface area contributed by atoms with Crippen LogP contribution in [-0.4, -0.2) is 65.2 Å². The van der Waals surface area contributed by atoms with Crippen LogP contribution in [0.4, 0.5) is 0 Å². The summed E-state index contributed by atoms with van der Waals surface area (Å²) < 4.78 is 5.49. The monoisotopic (exact) mass is 340 g/mol. The molecule has 0 amide bonds. The normalized spacial score (nSPS) is 23.2. The van der Waals surface area contributed by atoms with Crippen LogP contribution in [0.1, 0.15) is 30.8 Å². The number of ether oxygens (including phenoxy) is 1. The van der Waals surface area contributed by atoms with Crippen LogP contribution in [0, 0.1) is 6.92 Å². The van der Waals surface area contributed by atoms with Crippen molar-refractivity contribution in [2.45, 2.75) is 38.8 Å². The van der Waals surface area contributed by atoms with Crippen molar-refractivity contribution in [1.82, 2.24) is 19.8 Å². The van der Waals surface area contributed by atoms with E-state index in [4.69, 9.17) is 14.7 Å². The lowest BCUT2D eigenvalue weighted by Crippen LogP contribution is -2.49. The Morgan fingerprint density at radius 1 is 1.08 bits per heavy atom. The molecule has 3 heterocycles. The van der Waals surface area contributed by atoms with Crippen LogP contribution in [0.3, 0.4) is 0 Å². The van der Waals surface area contributed by atoms with Gasteiger partial charge in [-0.1, -0.05) is 24.6 Å². The number of morpholine rings is 1. The van der Waals surface area contributed by atoms with Gasteiger partial charge in [-0.2, -0.15) is 0 Å². The van der Waals surface area contributed by atoms with Gasteiger partial charge in [0.2, 0.25) is 0 Å².